The lowest BCUT2D eigenvalue weighted by Crippen LogP contribution is -2.33. The number of ether oxygens (including phenoxy) is 1. The number of halogens is 1. The molecule has 3 unspecified atom stereocenters. The molecule has 1 aromatic heterocycles. The normalized spacial score (nSPS) is 26.2. The van der Waals surface area contributed by atoms with Crippen LogP contribution in [-0.2, 0) is 13.8 Å². The number of nitrogens with zero attached hydrogens (tertiary/aromatic N) is 1. The molecule has 0 amide bonds. The summed E-state index contributed by atoms with van der Waals surface area (Å²) < 4.78 is 20.8. The first-order chi connectivity index (χ1) is 9.67. The molecular weight excluding hydrogens is 375 g/mol. The van der Waals surface area contributed by atoms with E-state index in [1.807, 2.05) is 4.98 Å². The summed E-state index contributed by atoms with van der Waals surface area (Å²) in [4.78, 5) is 45.7. The van der Waals surface area contributed by atoms with Crippen LogP contribution in [0.25, 0.3) is 0 Å². The van der Waals surface area contributed by atoms with Crippen molar-refractivity contribution in [3.05, 3.63) is 31.5 Å². The monoisotopic (exact) mass is 384 g/mol. The van der Waals surface area contributed by atoms with Gasteiger partial charge < -0.3 is 28.7 Å². The Hall–Kier alpha value is -0.810. The van der Waals surface area contributed by atoms with Crippen LogP contribution in [0.15, 0.2) is 20.3 Å². The lowest BCUT2D eigenvalue weighted by atomic mass is 10.2. The molecule has 2 rings (SSSR count). The highest BCUT2D eigenvalue weighted by molar-refractivity contribution is 9.10. The van der Waals surface area contributed by atoms with Crippen LogP contribution >= 0.6 is 23.8 Å². The van der Waals surface area contributed by atoms with Crippen molar-refractivity contribution >= 4 is 23.8 Å². The molecule has 0 aliphatic carbocycles. The second-order valence-electron chi connectivity index (χ2n) is 4.32. The van der Waals surface area contributed by atoms with Crippen molar-refractivity contribution in [3.63, 3.8) is 0 Å². The van der Waals surface area contributed by atoms with Crippen LogP contribution in [0, 0.1) is 0 Å². The molecule has 1 fully saturated rings. The summed E-state index contributed by atoms with van der Waals surface area (Å²) in [6.07, 6.45) is -1.97. The molecule has 10 nitrogen and oxygen atoms in total. The molecular formula is C9H10BrN2O8P-2. The van der Waals surface area contributed by atoms with Gasteiger partial charge in [0.15, 0.2) is 0 Å². The van der Waals surface area contributed by atoms with Crippen LogP contribution in [0.4, 0.5) is 0 Å². The summed E-state index contributed by atoms with van der Waals surface area (Å²) in [5.41, 5.74) is -1.37. The fraction of sp³-hybridized carbons (Fsp3) is 0.556. The van der Waals surface area contributed by atoms with E-state index in [0.29, 0.717) is 0 Å². The van der Waals surface area contributed by atoms with Gasteiger partial charge in [0.2, 0.25) is 0 Å². The van der Waals surface area contributed by atoms with Gasteiger partial charge in [0.1, 0.15) is 12.3 Å². The van der Waals surface area contributed by atoms with Gasteiger partial charge in [-0.25, -0.2) is 4.79 Å². The Kier molecular flexibility index (Phi) is 4.83. The first kappa shape index (κ1) is 16.6. The number of phosphoric acid groups is 1. The molecule has 2 N–H and O–H groups in total. The van der Waals surface area contributed by atoms with E-state index in [1.54, 1.807) is 0 Å². The topological polar surface area (TPSA) is 157 Å². The number of aromatic nitrogens is 2. The highest BCUT2D eigenvalue weighted by Crippen LogP contribution is 2.31. The summed E-state index contributed by atoms with van der Waals surface area (Å²) in [6.45, 7) is -0.652. The second kappa shape index (κ2) is 6.13. The molecule has 0 bridgehead atoms. The van der Waals surface area contributed by atoms with Gasteiger partial charge in [-0.1, -0.05) is 0 Å². The van der Waals surface area contributed by atoms with Crippen molar-refractivity contribution < 1.29 is 28.7 Å². The zero-order valence-electron chi connectivity index (χ0n) is 10.3. The van der Waals surface area contributed by atoms with Gasteiger partial charge in [0.05, 0.1) is 25.0 Å². The van der Waals surface area contributed by atoms with E-state index in [0.717, 1.165) is 4.57 Å². The molecule has 0 radical (unpaired) electrons. The molecule has 0 saturated carbocycles. The highest BCUT2D eigenvalue weighted by atomic mass is 79.9. The fourth-order valence-electron chi connectivity index (χ4n) is 1.88. The predicted octanol–water partition coefficient (Wildman–Crippen LogP) is -2.21. The minimum absolute atomic E-state index is 0.0333. The molecule has 1 saturated heterocycles. The van der Waals surface area contributed by atoms with Crippen LogP contribution in [0.1, 0.15) is 12.6 Å². The molecule has 12 heteroatoms. The van der Waals surface area contributed by atoms with Gasteiger partial charge in [0, 0.05) is 12.6 Å². The summed E-state index contributed by atoms with van der Waals surface area (Å²) in [6, 6.07) is 0. The summed E-state index contributed by atoms with van der Waals surface area (Å²) in [7, 11) is -5.17. The molecule has 1 aromatic rings. The van der Waals surface area contributed by atoms with E-state index < -0.39 is 44.1 Å². The zero-order valence-corrected chi connectivity index (χ0v) is 12.8. The standard InChI is InChI=1S/C9H12BrN2O8P/c10-4-2-12(9(15)11-8(4)14)7-1-5(13)6(20-7)3-19-21(16,17)18/h2,5-7,13H,1,3H2,(H,11,14,15)(H2,16,17,18)/p-2. The third kappa shape index (κ3) is 4.10. The number of aliphatic hydroxyl groups excluding tert-OH is 1. The number of H-pyrrole nitrogens is 1. The number of hydrogen-bond donors (Lipinski definition) is 2. The molecule has 1 aliphatic heterocycles. The maximum atomic E-state index is 11.7. The smallest absolute Gasteiger partial charge is 0.330 e. The van der Waals surface area contributed by atoms with Gasteiger partial charge in [-0.3, -0.25) is 14.3 Å². The lowest BCUT2D eigenvalue weighted by molar-refractivity contribution is -0.343. The average molecular weight is 385 g/mol. The zero-order chi connectivity index (χ0) is 15.8. The Labute approximate surface area is 125 Å². The molecule has 118 valence electrons. The van der Waals surface area contributed by atoms with E-state index in [-0.39, 0.29) is 10.9 Å². The van der Waals surface area contributed by atoms with Crippen molar-refractivity contribution in [2.24, 2.45) is 0 Å². The second-order valence-corrected chi connectivity index (χ2v) is 6.33. The average Bonchev–Trinajstić information content (AvgIpc) is 2.72. The van der Waals surface area contributed by atoms with Gasteiger partial charge in [-0.2, -0.15) is 0 Å². The van der Waals surface area contributed by atoms with Crippen LogP contribution in [0.2, 0.25) is 0 Å². The Bertz CT molecular complexity index is 681. The third-order valence-electron chi connectivity index (χ3n) is 2.84. The van der Waals surface area contributed by atoms with Gasteiger partial charge in [-0.15, -0.1) is 0 Å². The maximum Gasteiger partial charge on any atom is 0.330 e. The van der Waals surface area contributed by atoms with Crippen LogP contribution < -0.4 is 21.0 Å². The van der Waals surface area contributed by atoms with Crippen LogP contribution in [0.5, 0.6) is 0 Å². The molecule has 0 spiro atoms. The van der Waals surface area contributed by atoms with Crippen molar-refractivity contribution in [3.8, 4) is 0 Å². The minimum Gasteiger partial charge on any atom is -0.790 e. The molecule has 2 heterocycles. The molecule has 1 aliphatic rings. The number of phosphoric ester groups is 1. The SMILES string of the molecule is O=c1[nH]c(=O)n(C2CC(O)C(COP(=O)([O-])[O-])O2)cc1Br. The lowest BCUT2D eigenvalue weighted by Gasteiger charge is -2.30. The third-order valence-corrected chi connectivity index (χ3v) is 3.87. The number of aliphatic hydroxyl groups is 1. The summed E-state index contributed by atoms with van der Waals surface area (Å²) in [5.74, 6) is 0. The van der Waals surface area contributed by atoms with Crippen LogP contribution in [0.3, 0.4) is 0 Å². The Morgan fingerprint density at radius 2 is 2.24 bits per heavy atom. The van der Waals surface area contributed by atoms with Crippen molar-refractivity contribution in [2.75, 3.05) is 6.61 Å². The number of nitrogens with one attached hydrogen (secondary N) is 1. The first-order valence-electron chi connectivity index (χ1n) is 5.68. The summed E-state index contributed by atoms with van der Waals surface area (Å²) in [5, 5.41) is 9.73. The largest absolute Gasteiger partial charge is 0.790 e. The van der Waals surface area contributed by atoms with E-state index in [9.17, 15) is 29.0 Å². The minimum atomic E-state index is -5.17. The number of aromatic amines is 1. The predicted molar refractivity (Wildman–Crippen MR) is 67.1 cm³/mol. The molecule has 21 heavy (non-hydrogen) atoms. The highest BCUT2D eigenvalue weighted by Gasteiger charge is 2.35. The Morgan fingerprint density at radius 1 is 1.57 bits per heavy atom. The van der Waals surface area contributed by atoms with Crippen LogP contribution in [-0.4, -0.2) is 33.5 Å². The number of hydrogen-bond acceptors (Lipinski definition) is 8. The maximum absolute atomic E-state index is 11.7. The van der Waals surface area contributed by atoms with Crippen molar-refractivity contribution in [2.45, 2.75) is 24.9 Å². The van der Waals surface area contributed by atoms with E-state index in [1.165, 1.54) is 6.20 Å². The Balaban J connectivity index is 2.14. The van der Waals surface area contributed by atoms with Crippen molar-refractivity contribution in [1.82, 2.24) is 9.55 Å². The molecule has 0 aromatic carbocycles. The Morgan fingerprint density at radius 3 is 2.86 bits per heavy atom. The fourth-order valence-corrected chi connectivity index (χ4v) is 2.52. The number of rotatable bonds is 4. The quantitative estimate of drug-likeness (QED) is 0.553. The van der Waals surface area contributed by atoms with E-state index in [4.69, 9.17) is 4.74 Å². The summed E-state index contributed by atoms with van der Waals surface area (Å²) >= 11 is 2.95. The van der Waals surface area contributed by atoms with Gasteiger partial charge in [0.25, 0.3) is 5.56 Å². The molecule has 3 atom stereocenters. The van der Waals surface area contributed by atoms with Gasteiger partial charge in [-0.05, 0) is 15.9 Å². The van der Waals surface area contributed by atoms with Crippen molar-refractivity contribution in [1.29, 1.82) is 0 Å². The van der Waals surface area contributed by atoms with E-state index >= 15 is 0 Å². The van der Waals surface area contributed by atoms with E-state index in [2.05, 4.69) is 20.5 Å². The van der Waals surface area contributed by atoms with Gasteiger partial charge >= 0.3 is 5.69 Å². The first-order valence-corrected chi connectivity index (χ1v) is 7.94.